The average molecular weight is 479 g/mol. The van der Waals surface area contributed by atoms with Crippen molar-refractivity contribution < 1.29 is 14.7 Å². The SMILES string of the molecule is C=CC1=CCC2C(=O)N(Nc3ccc(C)cc3)C(=O)C2(c2ccccc2)C1c1cc(C)c(O)c(C)c1. The zero-order chi connectivity index (χ0) is 25.6. The Bertz CT molecular complexity index is 1370. The molecule has 2 N–H and O–H groups in total. The number of aromatic hydroxyl groups is 1. The van der Waals surface area contributed by atoms with Crippen LogP contribution in [0.25, 0.3) is 0 Å². The number of amides is 2. The van der Waals surface area contributed by atoms with Gasteiger partial charge in [-0.15, -0.1) is 0 Å². The predicted molar refractivity (Wildman–Crippen MR) is 141 cm³/mol. The Labute approximate surface area is 211 Å². The normalized spacial score (nSPS) is 23.3. The van der Waals surface area contributed by atoms with Gasteiger partial charge in [0.15, 0.2) is 0 Å². The number of allylic oxidation sites excluding steroid dienone is 3. The van der Waals surface area contributed by atoms with Gasteiger partial charge in [-0.25, -0.2) is 0 Å². The van der Waals surface area contributed by atoms with Crippen molar-refractivity contribution in [2.45, 2.75) is 38.5 Å². The highest BCUT2D eigenvalue weighted by Gasteiger charge is 2.65. The Morgan fingerprint density at radius 2 is 1.64 bits per heavy atom. The first kappa shape index (κ1) is 23.6. The Balaban J connectivity index is 1.74. The fraction of sp³-hybridized carbons (Fsp3) is 0.226. The van der Waals surface area contributed by atoms with E-state index in [1.54, 1.807) is 6.08 Å². The van der Waals surface area contributed by atoms with Gasteiger partial charge in [-0.2, -0.15) is 5.01 Å². The number of fused-ring (bicyclic) bond motifs is 1. The van der Waals surface area contributed by atoms with Crippen molar-refractivity contribution in [1.29, 1.82) is 0 Å². The van der Waals surface area contributed by atoms with Crippen molar-refractivity contribution in [2.24, 2.45) is 5.92 Å². The van der Waals surface area contributed by atoms with Crippen LogP contribution in [0.5, 0.6) is 5.75 Å². The van der Waals surface area contributed by atoms with E-state index in [1.165, 1.54) is 5.01 Å². The number of hydrazine groups is 1. The third-order valence-corrected chi connectivity index (χ3v) is 7.63. The maximum atomic E-state index is 14.6. The summed E-state index contributed by atoms with van der Waals surface area (Å²) in [5, 5.41) is 11.7. The summed E-state index contributed by atoms with van der Waals surface area (Å²) in [6.45, 7) is 9.75. The van der Waals surface area contributed by atoms with Crippen LogP contribution in [0.1, 0.15) is 40.2 Å². The molecular formula is C31H30N2O3. The first-order valence-corrected chi connectivity index (χ1v) is 12.2. The second-order valence-corrected chi connectivity index (χ2v) is 9.82. The van der Waals surface area contributed by atoms with Gasteiger partial charge in [0.2, 0.25) is 0 Å². The molecule has 5 rings (SSSR count). The Morgan fingerprint density at radius 3 is 2.25 bits per heavy atom. The molecule has 0 aromatic heterocycles. The van der Waals surface area contributed by atoms with Gasteiger partial charge in [-0.1, -0.05) is 78.9 Å². The summed E-state index contributed by atoms with van der Waals surface area (Å²) in [4.78, 5) is 28.5. The van der Waals surface area contributed by atoms with Crippen LogP contribution < -0.4 is 5.43 Å². The van der Waals surface area contributed by atoms with Gasteiger partial charge in [0.05, 0.1) is 17.0 Å². The Hall–Kier alpha value is -4.12. The van der Waals surface area contributed by atoms with E-state index >= 15 is 0 Å². The number of anilines is 1. The number of hydrogen-bond donors (Lipinski definition) is 2. The summed E-state index contributed by atoms with van der Waals surface area (Å²) in [6, 6.07) is 21.1. The highest BCUT2D eigenvalue weighted by molar-refractivity contribution is 6.12. The van der Waals surface area contributed by atoms with Gasteiger partial charge in [0.1, 0.15) is 5.75 Å². The number of carbonyl (C=O) groups excluding carboxylic acids is 2. The molecule has 0 radical (unpaired) electrons. The second-order valence-electron chi connectivity index (χ2n) is 9.82. The highest BCUT2D eigenvalue weighted by Crippen LogP contribution is 2.57. The van der Waals surface area contributed by atoms with Crippen molar-refractivity contribution in [3.63, 3.8) is 0 Å². The lowest BCUT2D eigenvalue weighted by Crippen LogP contribution is -2.48. The molecule has 3 aromatic rings. The van der Waals surface area contributed by atoms with Crippen LogP contribution in [0.4, 0.5) is 5.69 Å². The van der Waals surface area contributed by atoms with Gasteiger partial charge in [0.25, 0.3) is 11.8 Å². The lowest BCUT2D eigenvalue weighted by atomic mass is 9.56. The summed E-state index contributed by atoms with van der Waals surface area (Å²) >= 11 is 0. The number of hydrogen-bond acceptors (Lipinski definition) is 4. The third-order valence-electron chi connectivity index (χ3n) is 7.63. The summed E-state index contributed by atoms with van der Waals surface area (Å²) in [7, 11) is 0. The maximum Gasteiger partial charge on any atom is 0.260 e. The Kier molecular flexibility index (Phi) is 5.79. The molecule has 1 aliphatic carbocycles. The van der Waals surface area contributed by atoms with E-state index in [4.69, 9.17) is 0 Å². The number of aryl methyl sites for hydroxylation is 3. The summed E-state index contributed by atoms with van der Waals surface area (Å²) in [5.41, 5.74) is 7.73. The van der Waals surface area contributed by atoms with Crippen molar-refractivity contribution in [2.75, 3.05) is 5.43 Å². The summed E-state index contributed by atoms with van der Waals surface area (Å²) < 4.78 is 0. The van der Waals surface area contributed by atoms with Crippen molar-refractivity contribution in [3.8, 4) is 5.75 Å². The molecule has 3 aromatic carbocycles. The lowest BCUT2D eigenvalue weighted by Gasteiger charge is -2.43. The van der Waals surface area contributed by atoms with Crippen LogP contribution in [0, 0.1) is 26.7 Å². The molecule has 36 heavy (non-hydrogen) atoms. The molecular weight excluding hydrogens is 448 g/mol. The van der Waals surface area contributed by atoms with Crippen molar-refractivity contribution >= 4 is 17.5 Å². The molecule has 0 saturated carbocycles. The second kappa shape index (κ2) is 8.83. The molecule has 1 heterocycles. The smallest absolute Gasteiger partial charge is 0.260 e. The Morgan fingerprint density at radius 1 is 1.00 bits per heavy atom. The van der Waals surface area contributed by atoms with Crippen LogP contribution in [0.2, 0.25) is 0 Å². The van der Waals surface area contributed by atoms with Crippen molar-refractivity contribution in [3.05, 3.63) is 119 Å². The zero-order valence-electron chi connectivity index (χ0n) is 20.8. The number of nitrogens with zero attached hydrogens (tertiary/aromatic N) is 1. The molecule has 1 saturated heterocycles. The third kappa shape index (κ3) is 3.46. The van der Waals surface area contributed by atoms with Gasteiger partial charge in [-0.05, 0) is 67.2 Å². The molecule has 2 aliphatic rings. The molecule has 0 bridgehead atoms. The molecule has 5 heteroatoms. The average Bonchev–Trinajstić information content (AvgIpc) is 3.10. The molecule has 2 amide bonds. The first-order valence-electron chi connectivity index (χ1n) is 12.2. The van der Waals surface area contributed by atoms with Gasteiger partial charge >= 0.3 is 0 Å². The topological polar surface area (TPSA) is 69.6 Å². The van der Waals surface area contributed by atoms with E-state index in [1.807, 2.05) is 93.6 Å². The standard InChI is InChI=1S/C31H30N2O3/c1-5-22-13-16-26-29(35)33(32-25-14-11-19(2)12-15-25)30(36)31(26,24-9-7-6-8-10-24)27(22)23-17-20(3)28(34)21(4)18-23/h5-15,17-18,26-27,32,34H,1,16H2,2-4H3. The highest BCUT2D eigenvalue weighted by atomic mass is 16.3. The number of rotatable bonds is 5. The molecule has 3 unspecified atom stereocenters. The van der Waals surface area contributed by atoms with Crippen molar-refractivity contribution in [1.82, 2.24) is 5.01 Å². The molecule has 182 valence electrons. The summed E-state index contributed by atoms with van der Waals surface area (Å²) in [5.74, 6) is -1.34. The van der Waals surface area contributed by atoms with E-state index in [0.717, 1.165) is 33.4 Å². The number of carbonyl (C=O) groups is 2. The predicted octanol–water partition coefficient (Wildman–Crippen LogP) is 5.87. The minimum Gasteiger partial charge on any atom is -0.507 e. The fourth-order valence-electron chi connectivity index (χ4n) is 5.91. The van der Waals surface area contributed by atoms with Crippen LogP contribution in [0.15, 0.2) is 91.0 Å². The van der Waals surface area contributed by atoms with E-state index < -0.39 is 17.3 Å². The van der Waals surface area contributed by atoms with Crippen LogP contribution in [0.3, 0.4) is 0 Å². The molecule has 1 fully saturated rings. The maximum absolute atomic E-state index is 14.6. The largest absolute Gasteiger partial charge is 0.507 e. The summed E-state index contributed by atoms with van der Waals surface area (Å²) in [6.07, 6.45) is 4.25. The minimum absolute atomic E-state index is 0.237. The monoisotopic (exact) mass is 478 g/mol. The number of nitrogens with one attached hydrogen (secondary N) is 1. The molecule has 0 spiro atoms. The number of benzene rings is 3. The minimum atomic E-state index is -1.16. The van der Waals surface area contributed by atoms with Gasteiger partial charge < -0.3 is 5.11 Å². The number of phenols is 1. The van der Waals surface area contributed by atoms with Gasteiger partial charge in [-0.3, -0.25) is 15.0 Å². The van der Waals surface area contributed by atoms with Crippen LogP contribution in [-0.4, -0.2) is 21.9 Å². The zero-order valence-corrected chi connectivity index (χ0v) is 20.8. The van der Waals surface area contributed by atoms with E-state index in [2.05, 4.69) is 12.0 Å². The fourth-order valence-corrected chi connectivity index (χ4v) is 5.91. The van der Waals surface area contributed by atoms with E-state index in [0.29, 0.717) is 12.1 Å². The quantitative estimate of drug-likeness (QED) is 0.450. The molecule has 1 aliphatic heterocycles. The number of imide groups is 1. The van der Waals surface area contributed by atoms with Crippen LogP contribution >= 0.6 is 0 Å². The lowest BCUT2D eigenvalue weighted by molar-refractivity contribution is -0.138. The van der Waals surface area contributed by atoms with Gasteiger partial charge in [0, 0.05) is 5.92 Å². The van der Waals surface area contributed by atoms with E-state index in [9.17, 15) is 14.7 Å². The number of phenolic OH excluding ortho intramolecular Hbond substituents is 1. The first-order chi connectivity index (χ1) is 17.3. The molecule has 3 atom stereocenters. The van der Waals surface area contributed by atoms with Crippen LogP contribution in [-0.2, 0) is 15.0 Å². The molecule has 5 nitrogen and oxygen atoms in total. The van der Waals surface area contributed by atoms with E-state index in [-0.39, 0.29) is 17.6 Å².